The summed E-state index contributed by atoms with van der Waals surface area (Å²) in [4.78, 5) is 4.52. The average Bonchev–Trinajstić information content (AvgIpc) is 2.65. The minimum atomic E-state index is 0.236. The maximum Gasteiger partial charge on any atom is 0.0907 e. The molecular weight excluding hydrogens is 254 g/mol. The standard InChI is InChI=1S/C15H23N3S/c1-9(2)15(4,5)8-17-12-7-13-14(6-11(12)16)19-10(3)18-13/h6-7,9,17H,8,16H2,1-5H3. The van der Waals surface area contributed by atoms with Gasteiger partial charge in [-0.1, -0.05) is 27.7 Å². The summed E-state index contributed by atoms with van der Waals surface area (Å²) in [7, 11) is 0. The molecule has 0 atom stereocenters. The lowest BCUT2D eigenvalue weighted by Gasteiger charge is -2.30. The highest BCUT2D eigenvalue weighted by Crippen LogP contribution is 2.32. The molecule has 0 saturated heterocycles. The van der Waals surface area contributed by atoms with E-state index in [4.69, 9.17) is 5.73 Å². The van der Waals surface area contributed by atoms with Crippen LogP contribution >= 0.6 is 11.3 Å². The van der Waals surface area contributed by atoms with Crippen LogP contribution < -0.4 is 11.1 Å². The number of hydrogen-bond donors (Lipinski definition) is 2. The molecule has 2 aromatic rings. The molecule has 0 aliphatic rings. The molecule has 0 unspecified atom stereocenters. The van der Waals surface area contributed by atoms with Crippen LogP contribution in [0.25, 0.3) is 10.2 Å². The third-order valence-electron chi connectivity index (χ3n) is 3.96. The molecule has 1 aromatic carbocycles. The summed E-state index contributed by atoms with van der Waals surface area (Å²) in [6, 6.07) is 4.08. The molecule has 3 N–H and O–H groups in total. The van der Waals surface area contributed by atoms with Crippen LogP contribution in [0.5, 0.6) is 0 Å². The Hall–Kier alpha value is -1.29. The van der Waals surface area contributed by atoms with E-state index in [9.17, 15) is 0 Å². The quantitative estimate of drug-likeness (QED) is 0.820. The number of aryl methyl sites for hydroxylation is 1. The van der Waals surface area contributed by atoms with Crippen LogP contribution in [0.4, 0.5) is 11.4 Å². The predicted octanol–water partition coefficient (Wildman–Crippen LogP) is 4.28. The van der Waals surface area contributed by atoms with Gasteiger partial charge in [-0.05, 0) is 30.4 Å². The molecule has 1 heterocycles. The van der Waals surface area contributed by atoms with Crippen LogP contribution in [0, 0.1) is 18.3 Å². The summed E-state index contributed by atoms with van der Waals surface area (Å²) in [5.41, 5.74) is 9.18. The Morgan fingerprint density at radius 2 is 2.05 bits per heavy atom. The van der Waals surface area contributed by atoms with Gasteiger partial charge in [0.2, 0.25) is 0 Å². The Labute approximate surface area is 119 Å². The molecule has 4 heteroatoms. The highest BCUT2D eigenvalue weighted by molar-refractivity contribution is 7.18. The summed E-state index contributed by atoms with van der Waals surface area (Å²) in [5.74, 6) is 0.617. The van der Waals surface area contributed by atoms with Crippen molar-refractivity contribution in [3.63, 3.8) is 0 Å². The van der Waals surface area contributed by atoms with E-state index >= 15 is 0 Å². The zero-order chi connectivity index (χ0) is 14.2. The van der Waals surface area contributed by atoms with Gasteiger partial charge in [0.05, 0.1) is 26.6 Å². The van der Waals surface area contributed by atoms with Gasteiger partial charge in [0.25, 0.3) is 0 Å². The van der Waals surface area contributed by atoms with Crippen molar-refractivity contribution in [1.82, 2.24) is 4.98 Å². The lowest BCUT2D eigenvalue weighted by Crippen LogP contribution is -2.28. The Bertz CT molecular complexity index is 584. The smallest absolute Gasteiger partial charge is 0.0907 e. The van der Waals surface area contributed by atoms with Gasteiger partial charge in [-0.15, -0.1) is 11.3 Å². The maximum atomic E-state index is 6.12. The number of anilines is 2. The minimum absolute atomic E-state index is 0.236. The van der Waals surface area contributed by atoms with Gasteiger partial charge in [-0.2, -0.15) is 0 Å². The number of thiazole rings is 1. The van der Waals surface area contributed by atoms with Gasteiger partial charge in [-0.25, -0.2) is 4.98 Å². The highest BCUT2D eigenvalue weighted by atomic mass is 32.1. The van der Waals surface area contributed by atoms with Gasteiger partial charge >= 0.3 is 0 Å². The van der Waals surface area contributed by atoms with E-state index in [1.807, 2.05) is 13.0 Å². The number of aromatic nitrogens is 1. The third kappa shape index (κ3) is 3.00. The van der Waals surface area contributed by atoms with E-state index in [2.05, 4.69) is 44.1 Å². The first-order chi connectivity index (χ1) is 8.79. The van der Waals surface area contributed by atoms with Gasteiger partial charge in [0.15, 0.2) is 0 Å². The zero-order valence-electron chi connectivity index (χ0n) is 12.4. The fourth-order valence-electron chi connectivity index (χ4n) is 1.79. The SMILES string of the molecule is Cc1nc2cc(NCC(C)(C)C(C)C)c(N)cc2s1. The summed E-state index contributed by atoms with van der Waals surface area (Å²) >= 11 is 1.68. The van der Waals surface area contributed by atoms with Gasteiger partial charge in [-0.3, -0.25) is 0 Å². The topological polar surface area (TPSA) is 50.9 Å². The number of benzene rings is 1. The van der Waals surface area contributed by atoms with Crippen LogP contribution in [-0.2, 0) is 0 Å². The molecule has 19 heavy (non-hydrogen) atoms. The van der Waals surface area contributed by atoms with Crippen molar-refractivity contribution in [3.8, 4) is 0 Å². The number of nitrogens with one attached hydrogen (secondary N) is 1. The zero-order valence-corrected chi connectivity index (χ0v) is 13.2. The largest absolute Gasteiger partial charge is 0.397 e. The molecule has 0 aliphatic heterocycles. The number of nitrogens with two attached hydrogens (primary N) is 1. The molecule has 1 aromatic heterocycles. The molecule has 0 spiro atoms. The summed E-state index contributed by atoms with van der Waals surface area (Å²) < 4.78 is 1.16. The van der Waals surface area contributed by atoms with Crippen molar-refractivity contribution in [1.29, 1.82) is 0 Å². The van der Waals surface area contributed by atoms with Gasteiger partial charge in [0.1, 0.15) is 0 Å². The van der Waals surface area contributed by atoms with Crippen molar-refractivity contribution in [2.75, 3.05) is 17.6 Å². The van der Waals surface area contributed by atoms with Gasteiger partial charge < -0.3 is 11.1 Å². The number of nitrogens with zero attached hydrogens (tertiary/aromatic N) is 1. The van der Waals surface area contributed by atoms with Crippen molar-refractivity contribution >= 4 is 32.9 Å². The Morgan fingerprint density at radius 1 is 1.37 bits per heavy atom. The second kappa shape index (κ2) is 5.00. The van der Waals surface area contributed by atoms with Crippen LogP contribution in [-0.4, -0.2) is 11.5 Å². The van der Waals surface area contributed by atoms with E-state index in [1.165, 1.54) is 0 Å². The molecule has 0 amide bonds. The second-order valence-electron chi connectivity index (χ2n) is 6.14. The molecule has 2 rings (SSSR count). The van der Waals surface area contributed by atoms with Crippen LogP contribution in [0.1, 0.15) is 32.7 Å². The summed E-state index contributed by atoms with van der Waals surface area (Å²) in [6.45, 7) is 12.0. The van der Waals surface area contributed by atoms with Crippen LogP contribution in [0.15, 0.2) is 12.1 Å². The molecule has 0 bridgehead atoms. The van der Waals surface area contributed by atoms with E-state index in [0.29, 0.717) is 5.92 Å². The summed E-state index contributed by atoms with van der Waals surface area (Å²) in [5, 5.41) is 4.55. The van der Waals surface area contributed by atoms with E-state index in [1.54, 1.807) is 11.3 Å². The predicted molar refractivity (Wildman–Crippen MR) is 85.9 cm³/mol. The highest BCUT2D eigenvalue weighted by Gasteiger charge is 2.22. The van der Waals surface area contributed by atoms with Crippen molar-refractivity contribution < 1.29 is 0 Å². The van der Waals surface area contributed by atoms with E-state index in [-0.39, 0.29) is 5.41 Å². The number of rotatable bonds is 4. The molecule has 0 aliphatic carbocycles. The molecule has 104 valence electrons. The van der Waals surface area contributed by atoms with Gasteiger partial charge in [0, 0.05) is 6.54 Å². The third-order valence-corrected chi connectivity index (χ3v) is 4.90. The molecular formula is C15H23N3S. The fourth-order valence-corrected chi connectivity index (χ4v) is 2.64. The Morgan fingerprint density at radius 3 is 2.68 bits per heavy atom. The Kier molecular flexibility index (Phi) is 3.72. The lowest BCUT2D eigenvalue weighted by atomic mass is 9.81. The van der Waals surface area contributed by atoms with Crippen LogP contribution in [0.2, 0.25) is 0 Å². The van der Waals surface area contributed by atoms with Crippen molar-refractivity contribution in [3.05, 3.63) is 17.1 Å². The first-order valence-corrected chi connectivity index (χ1v) is 7.52. The number of hydrogen-bond acceptors (Lipinski definition) is 4. The minimum Gasteiger partial charge on any atom is -0.397 e. The second-order valence-corrected chi connectivity index (χ2v) is 7.37. The fraction of sp³-hybridized carbons (Fsp3) is 0.533. The lowest BCUT2D eigenvalue weighted by molar-refractivity contribution is 0.270. The molecule has 0 fully saturated rings. The number of nitrogen functional groups attached to an aromatic ring is 1. The summed E-state index contributed by atoms with van der Waals surface area (Å²) in [6.07, 6.45) is 0. The Balaban J connectivity index is 2.23. The first-order valence-electron chi connectivity index (χ1n) is 6.70. The monoisotopic (exact) mass is 277 g/mol. The average molecular weight is 277 g/mol. The molecule has 0 saturated carbocycles. The first kappa shape index (κ1) is 14.1. The van der Waals surface area contributed by atoms with Crippen LogP contribution in [0.3, 0.4) is 0 Å². The number of fused-ring (bicyclic) bond motifs is 1. The van der Waals surface area contributed by atoms with Crippen molar-refractivity contribution in [2.24, 2.45) is 11.3 Å². The molecule has 0 radical (unpaired) electrons. The van der Waals surface area contributed by atoms with E-state index in [0.717, 1.165) is 33.1 Å². The maximum absolute atomic E-state index is 6.12. The van der Waals surface area contributed by atoms with E-state index < -0.39 is 0 Å². The van der Waals surface area contributed by atoms with Crippen molar-refractivity contribution in [2.45, 2.75) is 34.6 Å². The molecule has 3 nitrogen and oxygen atoms in total. The normalized spacial score (nSPS) is 12.3.